The van der Waals surface area contributed by atoms with Crippen molar-refractivity contribution in [3.63, 3.8) is 0 Å². The molecule has 1 aromatic carbocycles. The van der Waals surface area contributed by atoms with Crippen molar-refractivity contribution in [3.8, 4) is 0 Å². The molecule has 0 aliphatic carbocycles. The fourth-order valence-corrected chi connectivity index (χ4v) is 1.67. The maximum Gasteiger partial charge on any atom is 0.327 e. The van der Waals surface area contributed by atoms with Crippen molar-refractivity contribution in [3.05, 3.63) is 48.1 Å². The molecule has 0 spiro atoms. The highest BCUT2D eigenvalue weighted by Crippen LogP contribution is 2.14. The van der Waals surface area contributed by atoms with Gasteiger partial charge in [-0.15, -0.1) is 0 Å². The van der Waals surface area contributed by atoms with E-state index in [2.05, 4.69) is 20.0 Å². The van der Waals surface area contributed by atoms with Gasteiger partial charge >= 0.3 is 5.97 Å². The Morgan fingerprint density at radius 3 is 2.84 bits per heavy atom. The van der Waals surface area contributed by atoms with Crippen LogP contribution in [0.4, 0.5) is 0 Å². The highest BCUT2D eigenvalue weighted by molar-refractivity contribution is 5.77. The number of aromatic nitrogens is 2. The number of ether oxygens (including phenoxy) is 1. The summed E-state index contributed by atoms with van der Waals surface area (Å²) in [6.07, 6.45) is 1.25. The Labute approximate surface area is 110 Å². The first kappa shape index (κ1) is 13.2. The predicted molar refractivity (Wildman–Crippen MR) is 67.0 cm³/mol. The topological polar surface area (TPSA) is 77.2 Å². The Morgan fingerprint density at radius 1 is 1.42 bits per heavy atom. The van der Waals surface area contributed by atoms with Gasteiger partial charge in [0, 0.05) is 0 Å². The van der Waals surface area contributed by atoms with Gasteiger partial charge in [0.2, 0.25) is 6.39 Å². The molecule has 0 saturated heterocycles. The Balaban J connectivity index is 2.08. The Hall–Kier alpha value is -2.21. The van der Waals surface area contributed by atoms with Gasteiger partial charge in [0.15, 0.2) is 5.82 Å². The van der Waals surface area contributed by atoms with Gasteiger partial charge in [0.05, 0.1) is 13.2 Å². The van der Waals surface area contributed by atoms with Crippen LogP contribution >= 0.6 is 0 Å². The van der Waals surface area contributed by atoms with E-state index in [1.807, 2.05) is 30.3 Å². The van der Waals surface area contributed by atoms with Gasteiger partial charge in [0.1, 0.15) is 6.04 Å². The molecule has 1 aromatic heterocycles. The molecule has 0 aliphatic rings. The number of benzene rings is 1. The van der Waals surface area contributed by atoms with Crippen LogP contribution in [0.3, 0.4) is 0 Å². The molecule has 1 atom stereocenters. The van der Waals surface area contributed by atoms with Crippen LogP contribution in [0, 0.1) is 0 Å². The number of hydrogen-bond donors (Lipinski definition) is 1. The SMILES string of the molecule is CCOC(=O)C(NCc1ncon1)c1ccccc1. The molecule has 1 unspecified atom stereocenters. The molecule has 0 amide bonds. The molecule has 6 nitrogen and oxygen atoms in total. The lowest BCUT2D eigenvalue weighted by atomic mass is 10.1. The lowest BCUT2D eigenvalue weighted by molar-refractivity contribution is -0.145. The second-order valence-electron chi connectivity index (χ2n) is 3.82. The van der Waals surface area contributed by atoms with Crippen LogP contribution < -0.4 is 5.32 Å². The standard InChI is InChI=1S/C13H15N3O3/c1-2-18-13(17)12(10-6-4-3-5-7-10)14-8-11-15-9-19-16-11/h3-7,9,12,14H,2,8H2,1H3. The Morgan fingerprint density at radius 2 is 2.21 bits per heavy atom. The molecular formula is C13H15N3O3. The number of carbonyl (C=O) groups excluding carboxylic acids is 1. The van der Waals surface area contributed by atoms with E-state index in [-0.39, 0.29) is 5.97 Å². The number of nitrogens with zero attached hydrogens (tertiary/aromatic N) is 2. The van der Waals surface area contributed by atoms with E-state index < -0.39 is 6.04 Å². The highest BCUT2D eigenvalue weighted by atomic mass is 16.5. The van der Waals surface area contributed by atoms with Crippen molar-refractivity contribution in [1.82, 2.24) is 15.5 Å². The molecular weight excluding hydrogens is 246 g/mol. The zero-order valence-electron chi connectivity index (χ0n) is 10.6. The summed E-state index contributed by atoms with van der Waals surface area (Å²) in [5.74, 6) is 0.169. The fraction of sp³-hybridized carbons (Fsp3) is 0.308. The van der Waals surface area contributed by atoms with E-state index >= 15 is 0 Å². The van der Waals surface area contributed by atoms with E-state index in [0.717, 1.165) is 5.56 Å². The maximum atomic E-state index is 12.0. The molecule has 0 aliphatic heterocycles. The zero-order chi connectivity index (χ0) is 13.5. The molecule has 0 saturated carbocycles. The molecule has 0 fully saturated rings. The van der Waals surface area contributed by atoms with Gasteiger partial charge in [-0.1, -0.05) is 35.5 Å². The second-order valence-corrected chi connectivity index (χ2v) is 3.82. The summed E-state index contributed by atoms with van der Waals surface area (Å²) in [5, 5.41) is 6.75. The van der Waals surface area contributed by atoms with Gasteiger partial charge in [-0.25, -0.2) is 4.79 Å². The third kappa shape index (κ3) is 3.62. The van der Waals surface area contributed by atoms with E-state index in [9.17, 15) is 4.79 Å². The number of nitrogens with one attached hydrogen (secondary N) is 1. The first-order chi connectivity index (χ1) is 9.31. The summed E-state index contributed by atoms with van der Waals surface area (Å²) in [4.78, 5) is 15.8. The first-order valence-electron chi connectivity index (χ1n) is 6.01. The zero-order valence-corrected chi connectivity index (χ0v) is 10.6. The van der Waals surface area contributed by atoms with Gasteiger partial charge in [-0.3, -0.25) is 5.32 Å². The molecule has 2 aromatic rings. The van der Waals surface area contributed by atoms with Gasteiger partial charge in [0.25, 0.3) is 0 Å². The normalized spacial score (nSPS) is 12.1. The smallest absolute Gasteiger partial charge is 0.327 e. The molecule has 0 radical (unpaired) electrons. The summed E-state index contributed by atoms with van der Waals surface area (Å²) in [6, 6.07) is 8.83. The molecule has 1 N–H and O–H groups in total. The van der Waals surface area contributed by atoms with Crippen molar-refractivity contribution in [1.29, 1.82) is 0 Å². The van der Waals surface area contributed by atoms with Crippen molar-refractivity contribution in [2.24, 2.45) is 0 Å². The molecule has 100 valence electrons. The maximum absolute atomic E-state index is 12.0. The predicted octanol–water partition coefficient (Wildman–Crippen LogP) is 1.46. The van der Waals surface area contributed by atoms with E-state index in [0.29, 0.717) is 19.0 Å². The van der Waals surface area contributed by atoms with Gasteiger partial charge < -0.3 is 9.26 Å². The summed E-state index contributed by atoms with van der Waals surface area (Å²) in [5.41, 5.74) is 0.837. The summed E-state index contributed by atoms with van der Waals surface area (Å²) >= 11 is 0. The Kier molecular flexibility index (Phi) is 4.63. The molecule has 2 rings (SSSR count). The summed E-state index contributed by atoms with van der Waals surface area (Å²) in [6.45, 7) is 2.44. The molecule has 0 bridgehead atoms. The third-order valence-electron chi connectivity index (χ3n) is 2.53. The van der Waals surface area contributed by atoms with E-state index in [4.69, 9.17) is 4.74 Å². The minimum atomic E-state index is -0.542. The second kappa shape index (κ2) is 6.65. The quantitative estimate of drug-likeness (QED) is 0.793. The number of hydrogen-bond acceptors (Lipinski definition) is 6. The average Bonchev–Trinajstić information content (AvgIpc) is 2.94. The highest BCUT2D eigenvalue weighted by Gasteiger charge is 2.21. The van der Waals surface area contributed by atoms with Gasteiger partial charge in [-0.2, -0.15) is 4.98 Å². The molecule has 6 heteroatoms. The van der Waals surface area contributed by atoms with Gasteiger partial charge in [-0.05, 0) is 12.5 Å². The van der Waals surface area contributed by atoms with Crippen molar-refractivity contribution >= 4 is 5.97 Å². The molecule has 19 heavy (non-hydrogen) atoms. The fourth-order valence-electron chi connectivity index (χ4n) is 1.67. The van der Waals surface area contributed by atoms with Crippen molar-refractivity contribution in [2.75, 3.05) is 6.61 Å². The van der Waals surface area contributed by atoms with Crippen LogP contribution in [0.1, 0.15) is 24.4 Å². The average molecular weight is 261 g/mol. The lowest BCUT2D eigenvalue weighted by Gasteiger charge is -2.16. The summed E-state index contributed by atoms with van der Waals surface area (Å²) in [7, 11) is 0. The van der Waals surface area contributed by atoms with Crippen LogP contribution in [0.15, 0.2) is 41.2 Å². The number of esters is 1. The number of rotatable bonds is 6. The monoisotopic (exact) mass is 261 g/mol. The van der Waals surface area contributed by atoms with Crippen LogP contribution in [0.25, 0.3) is 0 Å². The Bertz CT molecular complexity index is 499. The third-order valence-corrected chi connectivity index (χ3v) is 2.53. The largest absolute Gasteiger partial charge is 0.465 e. The van der Waals surface area contributed by atoms with Crippen LogP contribution in [0.2, 0.25) is 0 Å². The number of carbonyl (C=O) groups is 1. The summed E-state index contributed by atoms with van der Waals surface area (Å²) < 4.78 is 9.71. The molecule has 1 heterocycles. The van der Waals surface area contributed by atoms with Crippen LogP contribution in [-0.4, -0.2) is 22.7 Å². The lowest BCUT2D eigenvalue weighted by Crippen LogP contribution is -2.30. The van der Waals surface area contributed by atoms with E-state index in [1.165, 1.54) is 6.39 Å². The van der Waals surface area contributed by atoms with Crippen molar-refractivity contribution < 1.29 is 14.1 Å². The first-order valence-corrected chi connectivity index (χ1v) is 6.01. The van der Waals surface area contributed by atoms with Crippen molar-refractivity contribution in [2.45, 2.75) is 19.5 Å². The van der Waals surface area contributed by atoms with Crippen LogP contribution in [0.5, 0.6) is 0 Å². The van der Waals surface area contributed by atoms with E-state index in [1.54, 1.807) is 6.92 Å². The minimum Gasteiger partial charge on any atom is -0.465 e. The minimum absolute atomic E-state index is 0.322. The van der Waals surface area contributed by atoms with Crippen LogP contribution in [-0.2, 0) is 16.1 Å².